The minimum Gasteiger partial charge on any atom is -0.494 e. The molecule has 134 valence electrons. The van der Waals surface area contributed by atoms with E-state index in [1.165, 1.54) is 0 Å². The van der Waals surface area contributed by atoms with Crippen LogP contribution in [0.1, 0.15) is 19.4 Å². The van der Waals surface area contributed by atoms with Crippen LogP contribution in [0.15, 0.2) is 72.8 Å². The van der Waals surface area contributed by atoms with Crippen LogP contribution in [-0.4, -0.2) is 16.2 Å². The smallest absolute Gasteiger partial charge is 0.145 e. The van der Waals surface area contributed by atoms with E-state index < -0.39 is 5.66 Å². The molecule has 27 heavy (non-hydrogen) atoms. The number of anilines is 1. The highest BCUT2D eigenvalue weighted by Gasteiger charge is 2.37. The third kappa shape index (κ3) is 2.33. The van der Waals surface area contributed by atoms with Crippen molar-refractivity contribution in [2.75, 3.05) is 11.9 Å². The molecular formula is C23H21N3O. The normalized spacial score (nSPS) is 17.9. The van der Waals surface area contributed by atoms with Crippen molar-refractivity contribution in [1.29, 1.82) is 0 Å². The van der Waals surface area contributed by atoms with Gasteiger partial charge in [0.15, 0.2) is 0 Å². The van der Waals surface area contributed by atoms with Crippen molar-refractivity contribution in [2.45, 2.75) is 19.5 Å². The Morgan fingerprint density at radius 1 is 0.963 bits per heavy atom. The number of hydrogen-bond donors (Lipinski definition) is 1. The fourth-order valence-electron chi connectivity index (χ4n) is 4.01. The van der Waals surface area contributed by atoms with Gasteiger partial charge in [-0.05, 0) is 55.8 Å². The maximum absolute atomic E-state index is 5.62. The van der Waals surface area contributed by atoms with Crippen molar-refractivity contribution in [2.24, 2.45) is 0 Å². The fourth-order valence-corrected chi connectivity index (χ4v) is 4.01. The van der Waals surface area contributed by atoms with E-state index >= 15 is 0 Å². The highest BCUT2D eigenvalue weighted by atomic mass is 16.5. The van der Waals surface area contributed by atoms with Crippen molar-refractivity contribution >= 4 is 16.7 Å². The summed E-state index contributed by atoms with van der Waals surface area (Å²) in [7, 11) is 0. The molecule has 0 unspecified atom stereocenters. The third-order valence-electron chi connectivity index (χ3n) is 5.28. The molecule has 0 aliphatic carbocycles. The number of fused-ring (bicyclic) bond motifs is 5. The van der Waals surface area contributed by atoms with Crippen molar-refractivity contribution in [1.82, 2.24) is 9.55 Å². The lowest BCUT2D eigenvalue weighted by atomic mass is 9.95. The number of nitrogens with zero attached hydrogens (tertiary/aromatic N) is 2. The number of hydrogen-bond acceptors (Lipinski definition) is 3. The standard InChI is InChI=1S/C23H21N3O/c1-3-27-17-14-12-16(13-15-17)23(2)25-19-9-5-4-8-18(19)22-24-20-10-6-7-11-21(20)26(22)23/h4-15,25H,3H2,1-2H3/t23-/m1/s1. The van der Waals surface area contributed by atoms with Crippen molar-refractivity contribution in [3.8, 4) is 17.1 Å². The molecule has 4 nitrogen and oxygen atoms in total. The average Bonchev–Trinajstić information content (AvgIpc) is 3.10. The summed E-state index contributed by atoms with van der Waals surface area (Å²) in [6.07, 6.45) is 0. The highest BCUT2D eigenvalue weighted by Crippen LogP contribution is 2.43. The molecular weight excluding hydrogens is 334 g/mol. The Labute approximate surface area is 158 Å². The molecule has 0 bridgehead atoms. The number of imidazole rings is 1. The first-order valence-corrected chi connectivity index (χ1v) is 9.29. The number of nitrogens with one attached hydrogen (secondary N) is 1. The van der Waals surface area contributed by atoms with Crippen molar-refractivity contribution in [3.05, 3.63) is 78.4 Å². The quantitative estimate of drug-likeness (QED) is 0.546. The van der Waals surface area contributed by atoms with Gasteiger partial charge < -0.3 is 10.1 Å². The summed E-state index contributed by atoms with van der Waals surface area (Å²) in [5.74, 6) is 1.87. The van der Waals surface area contributed by atoms with Gasteiger partial charge in [0.1, 0.15) is 17.2 Å². The van der Waals surface area contributed by atoms with Gasteiger partial charge in [0.2, 0.25) is 0 Å². The molecule has 1 atom stereocenters. The minimum absolute atomic E-state index is 0.454. The summed E-state index contributed by atoms with van der Waals surface area (Å²) in [5.41, 5.74) is 5.04. The molecule has 0 saturated carbocycles. The summed E-state index contributed by atoms with van der Waals surface area (Å²) in [5, 5.41) is 3.76. The Morgan fingerprint density at radius 3 is 2.52 bits per heavy atom. The van der Waals surface area contributed by atoms with Gasteiger partial charge >= 0.3 is 0 Å². The number of benzene rings is 3. The number of para-hydroxylation sites is 3. The van der Waals surface area contributed by atoms with Gasteiger partial charge in [-0.2, -0.15) is 0 Å². The monoisotopic (exact) mass is 355 g/mol. The Bertz CT molecular complexity index is 1130. The van der Waals surface area contributed by atoms with Crippen LogP contribution in [0, 0.1) is 0 Å². The van der Waals surface area contributed by atoms with E-state index in [4.69, 9.17) is 9.72 Å². The third-order valence-corrected chi connectivity index (χ3v) is 5.28. The summed E-state index contributed by atoms with van der Waals surface area (Å²) >= 11 is 0. The first kappa shape index (κ1) is 15.9. The predicted molar refractivity (Wildman–Crippen MR) is 109 cm³/mol. The summed E-state index contributed by atoms with van der Waals surface area (Å²) in [6, 6.07) is 25.0. The Hall–Kier alpha value is -3.27. The van der Waals surface area contributed by atoms with E-state index in [9.17, 15) is 0 Å². The molecule has 4 heteroatoms. The number of rotatable bonds is 3. The zero-order valence-corrected chi connectivity index (χ0v) is 15.4. The molecule has 1 aliphatic heterocycles. The lowest BCUT2D eigenvalue weighted by Crippen LogP contribution is -2.42. The maximum Gasteiger partial charge on any atom is 0.145 e. The van der Waals surface area contributed by atoms with Crippen molar-refractivity contribution < 1.29 is 4.74 Å². The van der Waals surface area contributed by atoms with Gasteiger partial charge in [0.05, 0.1) is 17.6 Å². The molecule has 0 spiro atoms. The van der Waals surface area contributed by atoms with Gasteiger partial charge in [-0.25, -0.2) is 4.98 Å². The Morgan fingerprint density at radius 2 is 1.70 bits per heavy atom. The number of aromatic nitrogens is 2. The van der Waals surface area contributed by atoms with E-state index in [1.54, 1.807) is 0 Å². The van der Waals surface area contributed by atoms with Crippen LogP contribution in [0.25, 0.3) is 22.4 Å². The molecule has 3 aromatic carbocycles. The molecule has 0 saturated heterocycles. The van der Waals surface area contributed by atoms with Crippen molar-refractivity contribution in [3.63, 3.8) is 0 Å². The second kappa shape index (κ2) is 5.88. The van der Waals surface area contributed by atoms with Gasteiger partial charge in [-0.1, -0.05) is 36.4 Å². The Balaban J connectivity index is 1.77. The highest BCUT2D eigenvalue weighted by molar-refractivity contribution is 5.87. The molecule has 1 N–H and O–H groups in total. The molecule has 4 aromatic rings. The van der Waals surface area contributed by atoms with Crippen LogP contribution >= 0.6 is 0 Å². The zero-order chi connectivity index (χ0) is 18.4. The van der Waals surface area contributed by atoms with Gasteiger partial charge in [-0.3, -0.25) is 4.57 Å². The maximum atomic E-state index is 5.62. The SMILES string of the molecule is CCOc1ccc([C@]2(C)Nc3ccccc3-c3nc4ccccc4n32)cc1. The van der Waals surface area contributed by atoms with E-state index in [0.29, 0.717) is 6.61 Å². The predicted octanol–water partition coefficient (Wildman–Crippen LogP) is 5.25. The van der Waals surface area contributed by atoms with Gasteiger partial charge in [-0.15, -0.1) is 0 Å². The van der Waals surface area contributed by atoms with E-state index in [0.717, 1.165) is 39.4 Å². The first-order valence-electron chi connectivity index (χ1n) is 9.29. The summed E-state index contributed by atoms with van der Waals surface area (Å²) in [6.45, 7) is 4.87. The summed E-state index contributed by atoms with van der Waals surface area (Å²) < 4.78 is 7.93. The lowest BCUT2D eigenvalue weighted by Gasteiger charge is -2.40. The molecule has 1 aromatic heterocycles. The minimum atomic E-state index is -0.454. The second-order valence-corrected chi connectivity index (χ2v) is 6.96. The van der Waals surface area contributed by atoms with Gasteiger partial charge in [0.25, 0.3) is 0 Å². The van der Waals surface area contributed by atoms with Crippen LogP contribution in [0.5, 0.6) is 5.75 Å². The number of ether oxygens (including phenoxy) is 1. The Kier molecular flexibility index (Phi) is 3.47. The van der Waals surface area contributed by atoms with Gasteiger partial charge in [0, 0.05) is 11.3 Å². The second-order valence-electron chi connectivity index (χ2n) is 6.96. The van der Waals surface area contributed by atoms with Crippen LogP contribution in [0.3, 0.4) is 0 Å². The molecule has 1 aliphatic rings. The largest absolute Gasteiger partial charge is 0.494 e. The summed E-state index contributed by atoms with van der Waals surface area (Å²) in [4.78, 5) is 4.96. The topological polar surface area (TPSA) is 39.1 Å². The van der Waals surface area contributed by atoms with E-state index in [1.807, 2.05) is 25.1 Å². The van der Waals surface area contributed by atoms with E-state index in [-0.39, 0.29) is 0 Å². The molecule has 0 amide bonds. The van der Waals surface area contributed by atoms with E-state index in [2.05, 4.69) is 71.4 Å². The molecule has 0 radical (unpaired) electrons. The molecule has 0 fully saturated rings. The molecule has 2 heterocycles. The van der Waals surface area contributed by atoms with Crippen LogP contribution in [0.2, 0.25) is 0 Å². The molecule has 5 rings (SSSR count). The fraction of sp³-hybridized carbons (Fsp3) is 0.174. The van der Waals surface area contributed by atoms with Crippen LogP contribution in [0.4, 0.5) is 5.69 Å². The lowest BCUT2D eigenvalue weighted by molar-refractivity contribution is 0.339. The van der Waals surface area contributed by atoms with Crippen LogP contribution < -0.4 is 10.1 Å². The van der Waals surface area contributed by atoms with Crippen LogP contribution in [-0.2, 0) is 5.66 Å². The zero-order valence-electron chi connectivity index (χ0n) is 15.4. The first-order chi connectivity index (χ1) is 13.2. The average molecular weight is 355 g/mol.